The number of rotatable bonds is 3. The van der Waals surface area contributed by atoms with Crippen molar-refractivity contribution in [1.29, 1.82) is 0 Å². The van der Waals surface area contributed by atoms with Crippen LogP contribution in [0.25, 0.3) is 0 Å². The van der Waals surface area contributed by atoms with Crippen molar-refractivity contribution >= 4 is 34.4 Å². The Bertz CT molecular complexity index is 687. The Labute approximate surface area is 143 Å². The molecule has 1 aromatic heterocycles. The quantitative estimate of drug-likeness (QED) is 0.804. The fourth-order valence-electron chi connectivity index (χ4n) is 2.96. The van der Waals surface area contributed by atoms with E-state index < -0.39 is 18.0 Å². The first-order valence-electron chi connectivity index (χ1n) is 7.86. The van der Waals surface area contributed by atoms with Crippen molar-refractivity contribution in [3.63, 3.8) is 0 Å². The van der Waals surface area contributed by atoms with Gasteiger partial charge in [-0.15, -0.1) is 11.3 Å². The zero-order valence-electron chi connectivity index (χ0n) is 13.7. The Kier molecular flexibility index (Phi) is 4.72. The first-order chi connectivity index (χ1) is 11.5. The third kappa shape index (κ3) is 2.96. The Morgan fingerprint density at radius 2 is 2.17 bits per heavy atom. The number of thiophene rings is 1. The Hall–Kier alpha value is -2.13. The van der Waals surface area contributed by atoms with E-state index >= 15 is 0 Å². The molecule has 0 unspecified atom stereocenters. The second-order valence-corrected chi connectivity index (χ2v) is 6.74. The van der Waals surface area contributed by atoms with Gasteiger partial charge in [0.15, 0.2) is 0 Å². The van der Waals surface area contributed by atoms with Gasteiger partial charge in [-0.3, -0.25) is 10.2 Å². The maximum absolute atomic E-state index is 12.3. The van der Waals surface area contributed by atoms with Crippen molar-refractivity contribution in [2.24, 2.45) is 0 Å². The summed E-state index contributed by atoms with van der Waals surface area (Å²) in [7, 11) is 1.33. The van der Waals surface area contributed by atoms with Gasteiger partial charge in [0.05, 0.1) is 12.7 Å². The van der Waals surface area contributed by atoms with E-state index in [-0.39, 0.29) is 0 Å². The number of urea groups is 2. The molecule has 130 valence electrons. The summed E-state index contributed by atoms with van der Waals surface area (Å²) in [5.41, 5.74) is 1.36. The molecule has 1 aromatic rings. The SMILES string of the molecule is CCN1CCc2c(sc(NC(=O)N3CCNC3=O)c2C(=O)OC)C1. The van der Waals surface area contributed by atoms with Gasteiger partial charge >= 0.3 is 18.0 Å². The standard InChI is InChI=1S/C15H20N4O4S/c1-3-18-6-4-9-10(8-18)24-12(11(9)13(20)23-2)17-15(22)19-7-5-16-14(19)21/h3-8H2,1-2H3,(H,16,21)(H,17,22). The van der Waals surface area contributed by atoms with E-state index in [0.29, 0.717) is 23.7 Å². The van der Waals surface area contributed by atoms with E-state index in [1.54, 1.807) is 0 Å². The number of ether oxygens (including phenoxy) is 1. The average molecular weight is 352 g/mol. The van der Waals surface area contributed by atoms with Gasteiger partial charge in [-0.1, -0.05) is 6.92 Å². The smallest absolute Gasteiger partial charge is 0.341 e. The highest BCUT2D eigenvalue weighted by Gasteiger charge is 2.31. The van der Waals surface area contributed by atoms with Gasteiger partial charge in [-0.2, -0.15) is 0 Å². The second-order valence-electron chi connectivity index (χ2n) is 5.63. The lowest BCUT2D eigenvalue weighted by Crippen LogP contribution is -2.37. The van der Waals surface area contributed by atoms with Crippen LogP contribution in [0.4, 0.5) is 14.6 Å². The molecule has 3 heterocycles. The highest BCUT2D eigenvalue weighted by atomic mass is 32.1. The topological polar surface area (TPSA) is 91.0 Å². The molecule has 1 fully saturated rings. The summed E-state index contributed by atoms with van der Waals surface area (Å²) in [6, 6.07) is -0.952. The molecule has 9 heteroatoms. The van der Waals surface area contributed by atoms with Crippen LogP contribution in [0.1, 0.15) is 27.7 Å². The van der Waals surface area contributed by atoms with Crippen LogP contribution >= 0.6 is 11.3 Å². The maximum Gasteiger partial charge on any atom is 0.341 e. The van der Waals surface area contributed by atoms with E-state index in [1.807, 2.05) is 0 Å². The van der Waals surface area contributed by atoms with Gasteiger partial charge in [0.2, 0.25) is 0 Å². The molecule has 0 aromatic carbocycles. The van der Waals surface area contributed by atoms with Gasteiger partial charge in [-0.25, -0.2) is 19.3 Å². The molecule has 8 nitrogen and oxygen atoms in total. The monoisotopic (exact) mass is 352 g/mol. The lowest BCUT2D eigenvalue weighted by molar-refractivity contribution is 0.0600. The summed E-state index contributed by atoms with van der Waals surface area (Å²) >= 11 is 1.38. The summed E-state index contributed by atoms with van der Waals surface area (Å²) in [6.45, 7) is 5.39. The molecule has 0 saturated carbocycles. The molecule has 24 heavy (non-hydrogen) atoms. The molecule has 0 bridgehead atoms. The van der Waals surface area contributed by atoms with Crippen LogP contribution in [0.3, 0.4) is 0 Å². The molecule has 2 N–H and O–H groups in total. The molecule has 0 radical (unpaired) electrons. The summed E-state index contributed by atoms with van der Waals surface area (Å²) in [5, 5.41) is 5.75. The zero-order chi connectivity index (χ0) is 17.3. The van der Waals surface area contributed by atoms with Crippen LogP contribution in [0.2, 0.25) is 0 Å². The summed E-state index contributed by atoms with van der Waals surface area (Å²) < 4.78 is 4.89. The number of anilines is 1. The Morgan fingerprint density at radius 1 is 1.38 bits per heavy atom. The first-order valence-corrected chi connectivity index (χ1v) is 8.68. The lowest BCUT2D eigenvalue weighted by atomic mass is 10.0. The van der Waals surface area contributed by atoms with E-state index in [0.717, 1.165) is 41.4 Å². The number of likely N-dealkylation sites (N-methyl/N-ethyl adjacent to an activating group) is 1. The van der Waals surface area contributed by atoms with E-state index in [4.69, 9.17) is 4.74 Å². The largest absolute Gasteiger partial charge is 0.465 e. The van der Waals surface area contributed by atoms with Crippen molar-refractivity contribution in [2.45, 2.75) is 19.9 Å². The van der Waals surface area contributed by atoms with E-state index in [2.05, 4.69) is 22.5 Å². The number of fused-ring (bicyclic) bond motifs is 1. The Balaban J connectivity index is 1.89. The molecule has 3 rings (SSSR count). The van der Waals surface area contributed by atoms with Crippen molar-refractivity contribution < 1.29 is 19.1 Å². The minimum atomic E-state index is -0.527. The second kappa shape index (κ2) is 6.78. The van der Waals surface area contributed by atoms with Crippen LogP contribution in [-0.2, 0) is 17.7 Å². The minimum absolute atomic E-state index is 0.312. The molecule has 0 atom stereocenters. The fourth-order valence-corrected chi connectivity index (χ4v) is 4.23. The number of methoxy groups -OCH3 is 1. The van der Waals surface area contributed by atoms with E-state index in [1.165, 1.54) is 18.4 Å². The van der Waals surface area contributed by atoms with Crippen molar-refractivity contribution in [2.75, 3.05) is 38.6 Å². The summed E-state index contributed by atoms with van der Waals surface area (Å²) in [5.74, 6) is -0.460. The first kappa shape index (κ1) is 16.7. The van der Waals surface area contributed by atoms with Gasteiger partial charge in [-0.05, 0) is 18.5 Å². The Morgan fingerprint density at radius 3 is 2.79 bits per heavy atom. The predicted octanol–water partition coefficient (Wildman–Crippen LogP) is 1.47. The minimum Gasteiger partial charge on any atom is -0.465 e. The third-order valence-corrected chi connectivity index (χ3v) is 5.43. The molecular formula is C15H20N4O4S. The molecule has 0 aliphatic carbocycles. The molecule has 1 saturated heterocycles. The summed E-state index contributed by atoms with van der Waals surface area (Å²) in [6.07, 6.45) is 0.740. The molecular weight excluding hydrogens is 332 g/mol. The van der Waals surface area contributed by atoms with Crippen molar-refractivity contribution in [3.05, 3.63) is 16.0 Å². The van der Waals surface area contributed by atoms with Crippen molar-refractivity contribution in [1.82, 2.24) is 15.1 Å². The van der Waals surface area contributed by atoms with Crippen LogP contribution in [0, 0.1) is 0 Å². The fraction of sp³-hybridized carbons (Fsp3) is 0.533. The lowest BCUT2D eigenvalue weighted by Gasteiger charge is -2.25. The van der Waals surface area contributed by atoms with Crippen molar-refractivity contribution in [3.8, 4) is 0 Å². The van der Waals surface area contributed by atoms with E-state index in [9.17, 15) is 14.4 Å². The number of hydrogen-bond acceptors (Lipinski definition) is 6. The highest BCUT2D eigenvalue weighted by Crippen LogP contribution is 2.37. The van der Waals surface area contributed by atoms with Crippen LogP contribution in [0.15, 0.2) is 0 Å². The zero-order valence-corrected chi connectivity index (χ0v) is 14.5. The number of nitrogens with zero attached hydrogens (tertiary/aromatic N) is 2. The number of esters is 1. The highest BCUT2D eigenvalue weighted by molar-refractivity contribution is 7.17. The molecule has 4 amide bonds. The van der Waals surface area contributed by atoms with Gasteiger partial charge < -0.3 is 10.1 Å². The molecule has 0 spiro atoms. The molecule has 2 aliphatic heterocycles. The number of amides is 4. The van der Waals surface area contributed by atoms with Gasteiger partial charge in [0, 0.05) is 31.1 Å². The normalized spacial score (nSPS) is 17.4. The third-order valence-electron chi connectivity index (χ3n) is 4.30. The number of imide groups is 1. The van der Waals surface area contributed by atoms with Crippen LogP contribution in [0.5, 0.6) is 0 Å². The van der Waals surface area contributed by atoms with Gasteiger partial charge in [0.25, 0.3) is 0 Å². The van der Waals surface area contributed by atoms with Crippen LogP contribution in [-0.4, -0.2) is 61.1 Å². The predicted molar refractivity (Wildman–Crippen MR) is 89.4 cm³/mol. The average Bonchev–Trinajstić information content (AvgIpc) is 3.16. The van der Waals surface area contributed by atoms with Crippen LogP contribution < -0.4 is 10.6 Å². The number of hydrogen-bond donors (Lipinski definition) is 2. The number of carbonyl (C=O) groups excluding carboxylic acids is 3. The summed E-state index contributed by atoms with van der Waals surface area (Å²) in [4.78, 5) is 40.6. The number of nitrogens with one attached hydrogen (secondary N) is 2. The maximum atomic E-state index is 12.3. The molecule has 2 aliphatic rings. The number of carbonyl (C=O) groups is 3. The van der Waals surface area contributed by atoms with Gasteiger partial charge in [0.1, 0.15) is 5.00 Å².